The molecule has 1 aromatic carbocycles. The van der Waals surface area contributed by atoms with Crippen LogP contribution >= 0.6 is 0 Å². The molecular weight excluding hydrogens is 340 g/mol. The summed E-state index contributed by atoms with van der Waals surface area (Å²) < 4.78 is 5.30. The number of rotatable bonds is 6. The molecule has 1 aliphatic heterocycles. The van der Waals surface area contributed by atoms with Crippen LogP contribution in [0.2, 0.25) is 0 Å². The van der Waals surface area contributed by atoms with Gasteiger partial charge in [0, 0.05) is 29.6 Å². The monoisotopic (exact) mass is 362 g/mol. The number of benzene rings is 1. The lowest BCUT2D eigenvalue weighted by atomic mass is 9.98. The topological polar surface area (TPSA) is 80.1 Å². The van der Waals surface area contributed by atoms with Crippen LogP contribution < -0.4 is 10.6 Å². The SMILES string of the molecule is O=C(NCc1cc(-c2cccnc2)no1)c1ccc(CC2CCNC2)cc1. The largest absolute Gasteiger partial charge is 0.359 e. The predicted octanol–water partition coefficient (Wildman–Crippen LogP) is 2.82. The number of nitrogens with zero attached hydrogens (tertiary/aromatic N) is 2. The van der Waals surface area contributed by atoms with Crippen LogP contribution in [0, 0.1) is 5.92 Å². The van der Waals surface area contributed by atoms with E-state index >= 15 is 0 Å². The molecule has 1 saturated heterocycles. The van der Waals surface area contributed by atoms with Gasteiger partial charge in [0.1, 0.15) is 5.69 Å². The summed E-state index contributed by atoms with van der Waals surface area (Å²) in [6.07, 6.45) is 5.72. The van der Waals surface area contributed by atoms with Crippen LogP contribution in [0.3, 0.4) is 0 Å². The van der Waals surface area contributed by atoms with Crippen LogP contribution in [0.4, 0.5) is 0 Å². The van der Waals surface area contributed by atoms with Crippen molar-refractivity contribution in [3.8, 4) is 11.3 Å². The maximum Gasteiger partial charge on any atom is 0.251 e. The van der Waals surface area contributed by atoms with Gasteiger partial charge in [-0.25, -0.2) is 0 Å². The average molecular weight is 362 g/mol. The zero-order valence-electron chi connectivity index (χ0n) is 15.0. The van der Waals surface area contributed by atoms with Gasteiger partial charge in [-0.05, 0) is 61.7 Å². The Hall–Kier alpha value is -2.99. The molecule has 4 rings (SSSR count). The summed E-state index contributed by atoms with van der Waals surface area (Å²) in [6, 6.07) is 13.4. The fourth-order valence-electron chi connectivity index (χ4n) is 3.33. The minimum atomic E-state index is -0.122. The highest BCUT2D eigenvalue weighted by molar-refractivity contribution is 5.94. The van der Waals surface area contributed by atoms with Crippen molar-refractivity contribution in [3.63, 3.8) is 0 Å². The van der Waals surface area contributed by atoms with Gasteiger partial charge in [0.2, 0.25) is 0 Å². The van der Waals surface area contributed by atoms with Gasteiger partial charge in [0.15, 0.2) is 5.76 Å². The number of carbonyl (C=O) groups is 1. The number of amides is 1. The maximum atomic E-state index is 12.4. The number of hydrogen-bond acceptors (Lipinski definition) is 5. The molecule has 138 valence electrons. The molecule has 2 N–H and O–H groups in total. The number of carbonyl (C=O) groups excluding carboxylic acids is 1. The molecule has 1 unspecified atom stereocenters. The fraction of sp³-hybridized carbons (Fsp3) is 0.286. The molecule has 6 heteroatoms. The van der Waals surface area contributed by atoms with Crippen LogP contribution in [-0.2, 0) is 13.0 Å². The zero-order valence-corrected chi connectivity index (χ0v) is 15.0. The van der Waals surface area contributed by atoms with Crippen molar-refractivity contribution in [2.24, 2.45) is 5.92 Å². The van der Waals surface area contributed by atoms with E-state index in [2.05, 4.69) is 20.8 Å². The molecule has 1 aliphatic rings. The minimum Gasteiger partial charge on any atom is -0.359 e. The summed E-state index contributed by atoms with van der Waals surface area (Å²) in [5.41, 5.74) is 3.51. The summed E-state index contributed by atoms with van der Waals surface area (Å²) in [4.78, 5) is 16.4. The third kappa shape index (κ3) is 4.41. The van der Waals surface area contributed by atoms with Crippen molar-refractivity contribution in [2.45, 2.75) is 19.4 Å². The highest BCUT2D eigenvalue weighted by Crippen LogP contribution is 2.18. The number of aromatic nitrogens is 2. The summed E-state index contributed by atoms with van der Waals surface area (Å²) in [5.74, 6) is 1.18. The second-order valence-electron chi connectivity index (χ2n) is 6.86. The van der Waals surface area contributed by atoms with Crippen LogP contribution in [0.5, 0.6) is 0 Å². The van der Waals surface area contributed by atoms with E-state index in [1.165, 1.54) is 12.0 Å². The first-order valence-electron chi connectivity index (χ1n) is 9.22. The number of hydrogen-bond donors (Lipinski definition) is 2. The standard InChI is InChI=1S/C21H22N4O2/c26-21(17-5-3-15(4-6-17)10-16-7-9-23-12-16)24-14-19-11-20(25-27-19)18-2-1-8-22-13-18/h1-6,8,11,13,16,23H,7,9-10,12,14H2,(H,24,26). The molecule has 2 aromatic heterocycles. The van der Waals surface area contributed by atoms with Gasteiger partial charge < -0.3 is 15.2 Å². The summed E-state index contributed by atoms with van der Waals surface area (Å²) >= 11 is 0. The molecule has 0 bridgehead atoms. The molecule has 1 atom stereocenters. The quantitative estimate of drug-likeness (QED) is 0.705. The number of pyridine rings is 1. The van der Waals surface area contributed by atoms with Crippen LogP contribution in [0.15, 0.2) is 59.4 Å². The van der Waals surface area contributed by atoms with Crippen LogP contribution in [0.1, 0.15) is 28.1 Å². The van der Waals surface area contributed by atoms with Gasteiger partial charge in [-0.15, -0.1) is 0 Å². The molecule has 0 spiro atoms. The highest BCUT2D eigenvalue weighted by atomic mass is 16.5. The third-order valence-electron chi connectivity index (χ3n) is 4.84. The van der Waals surface area contributed by atoms with Gasteiger partial charge in [-0.1, -0.05) is 17.3 Å². The van der Waals surface area contributed by atoms with E-state index in [1.54, 1.807) is 12.4 Å². The zero-order chi connectivity index (χ0) is 18.5. The second-order valence-corrected chi connectivity index (χ2v) is 6.86. The Labute approximate surface area is 158 Å². The van der Waals surface area contributed by atoms with Crippen LogP contribution in [0.25, 0.3) is 11.3 Å². The van der Waals surface area contributed by atoms with Crippen molar-refractivity contribution < 1.29 is 9.32 Å². The van der Waals surface area contributed by atoms with Crippen molar-refractivity contribution >= 4 is 5.91 Å². The lowest BCUT2D eigenvalue weighted by Gasteiger charge is -2.09. The van der Waals surface area contributed by atoms with Gasteiger partial charge >= 0.3 is 0 Å². The van der Waals surface area contributed by atoms with Crippen molar-refractivity contribution in [1.82, 2.24) is 20.8 Å². The molecule has 3 heterocycles. The van der Waals surface area contributed by atoms with E-state index in [0.717, 1.165) is 25.1 Å². The molecule has 3 aromatic rings. The van der Waals surface area contributed by atoms with Crippen molar-refractivity contribution in [3.05, 3.63) is 71.7 Å². The Balaban J connectivity index is 1.32. The summed E-state index contributed by atoms with van der Waals surface area (Å²) in [6.45, 7) is 2.48. The Morgan fingerprint density at radius 1 is 1.26 bits per heavy atom. The third-order valence-corrected chi connectivity index (χ3v) is 4.84. The highest BCUT2D eigenvalue weighted by Gasteiger charge is 2.15. The molecule has 27 heavy (non-hydrogen) atoms. The maximum absolute atomic E-state index is 12.4. The number of nitrogens with one attached hydrogen (secondary N) is 2. The van der Waals surface area contributed by atoms with E-state index < -0.39 is 0 Å². The lowest BCUT2D eigenvalue weighted by molar-refractivity contribution is 0.0947. The Bertz CT molecular complexity index is 884. The molecule has 1 amide bonds. The second kappa shape index (κ2) is 8.14. The minimum absolute atomic E-state index is 0.122. The van der Waals surface area contributed by atoms with Gasteiger partial charge in [-0.3, -0.25) is 9.78 Å². The van der Waals surface area contributed by atoms with Gasteiger partial charge in [-0.2, -0.15) is 0 Å². The summed E-state index contributed by atoms with van der Waals surface area (Å²) in [5, 5.41) is 10.3. The van der Waals surface area contributed by atoms with E-state index in [4.69, 9.17) is 4.52 Å². The first-order chi connectivity index (χ1) is 13.3. The summed E-state index contributed by atoms with van der Waals surface area (Å²) in [7, 11) is 0. The molecule has 0 saturated carbocycles. The van der Waals surface area contributed by atoms with Crippen LogP contribution in [-0.4, -0.2) is 29.1 Å². The lowest BCUT2D eigenvalue weighted by Crippen LogP contribution is -2.22. The fourth-order valence-corrected chi connectivity index (χ4v) is 3.33. The van der Waals surface area contributed by atoms with Gasteiger partial charge in [0.25, 0.3) is 5.91 Å². The smallest absolute Gasteiger partial charge is 0.251 e. The predicted molar refractivity (Wildman–Crippen MR) is 102 cm³/mol. The van der Waals surface area contributed by atoms with E-state index in [1.807, 2.05) is 42.5 Å². The van der Waals surface area contributed by atoms with Crippen molar-refractivity contribution in [2.75, 3.05) is 13.1 Å². The molecule has 0 radical (unpaired) electrons. The normalized spacial score (nSPS) is 16.4. The van der Waals surface area contributed by atoms with Crippen molar-refractivity contribution in [1.29, 1.82) is 0 Å². The molecule has 1 fully saturated rings. The van der Waals surface area contributed by atoms with Gasteiger partial charge in [0.05, 0.1) is 6.54 Å². The Morgan fingerprint density at radius 2 is 2.15 bits per heavy atom. The average Bonchev–Trinajstić information content (AvgIpc) is 3.39. The molecule has 0 aliphatic carbocycles. The Morgan fingerprint density at radius 3 is 2.89 bits per heavy atom. The first-order valence-corrected chi connectivity index (χ1v) is 9.22. The molecular formula is C21H22N4O2. The first kappa shape index (κ1) is 17.4. The van der Waals surface area contributed by atoms with E-state index in [-0.39, 0.29) is 5.91 Å². The molecule has 6 nitrogen and oxygen atoms in total. The van der Waals surface area contributed by atoms with E-state index in [9.17, 15) is 4.79 Å². The van der Waals surface area contributed by atoms with E-state index in [0.29, 0.717) is 29.5 Å². The Kier molecular flexibility index (Phi) is 5.25.